The van der Waals surface area contributed by atoms with Crippen molar-refractivity contribution >= 4 is 21.5 Å². The highest BCUT2D eigenvalue weighted by molar-refractivity contribution is 7.91. The van der Waals surface area contributed by atoms with Gasteiger partial charge in [-0.2, -0.15) is 0 Å². The van der Waals surface area contributed by atoms with Crippen LogP contribution < -0.4 is 10.6 Å². The van der Waals surface area contributed by atoms with E-state index < -0.39 is 27.0 Å². The molecule has 2 rings (SSSR count). The second-order valence-electron chi connectivity index (χ2n) is 4.93. The van der Waals surface area contributed by atoms with Gasteiger partial charge in [-0.05, 0) is 13.3 Å². The van der Waals surface area contributed by atoms with Crippen molar-refractivity contribution < 1.29 is 17.2 Å². The Balaban J connectivity index is 2.29. The average molecular weight is 291 g/mol. The van der Waals surface area contributed by atoms with Crippen LogP contribution >= 0.6 is 0 Å². The first-order valence-corrected chi connectivity index (χ1v) is 7.59. The molecule has 1 fully saturated rings. The van der Waals surface area contributed by atoms with Gasteiger partial charge in [-0.25, -0.2) is 22.2 Å². The van der Waals surface area contributed by atoms with E-state index in [0.29, 0.717) is 12.5 Å². The van der Waals surface area contributed by atoms with Crippen molar-refractivity contribution in [3.63, 3.8) is 0 Å². The van der Waals surface area contributed by atoms with Gasteiger partial charge in [0.1, 0.15) is 0 Å². The first kappa shape index (κ1) is 14.0. The van der Waals surface area contributed by atoms with E-state index in [1.54, 1.807) is 6.92 Å². The van der Waals surface area contributed by atoms with E-state index in [9.17, 15) is 17.2 Å². The highest BCUT2D eigenvalue weighted by Gasteiger charge is 2.39. The molecule has 2 N–H and O–H groups in total. The van der Waals surface area contributed by atoms with Crippen molar-refractivity contribution in [2.45, 2.75) is 18.9 Å². The van der Waals surface area contributed by atoms with Crippen molar-refractivity contribution in [3.05, 3.63) is 17.7 Å². The van der Waals surface area contributed by atoms with Crippen molar-refractivity contribution in [1.82, 2.24) is 4.98 Å². The molecule has 1 atom stereocenters. The minimum atomic E-state index is -3.11. The van der Waals surface area contributed by atoms with Gasteiger partial charge in [0.05, 0.1) is 17.0 Å². The van der Waals surface area contributed by atoms with E-state index in [4.69, 9.17) is 0 Å². The lowest BCUT2D eigenvalue weighted by Gasteiger charge is -2.25. The van der Waals surface area contributed by atoms with Crippen LogP contribution in [0, 0.1) is 11.6 Å². The van der Waals surface area contributed by atoms with Gasteiger partial charge in [-0.3, -0.25) is 0 Å². The lowest BCUT2D eigenvalue weighted by molar-refractivity contribution is 0.546. The molecular formula is C11H15F2N3O2S. The van der Waals surface area contributed by atoms with Gasteiger partial charge in [0.2, 0.25) is 0 Å². The summed E-state index contributed by atoms with van der Waals surface area (Å²) in [5.41, 5.74) is -0.782. The molecule has 1 aliphatic rings. The van der Waals surface area contributed by atoms with E-state index in [0.717, 1.165) is 0 Å². The Hall–Kier alpha value is -1.44. The Morgan fingerprint density at radius 1 is 1.32 bits per heavy atom. The van der Waals surface area contributed by atoms with Gasteiger partial charge in [-0.15, -0.1) is 0 Å². The number of pyridine rings is 1. The summed E-state index contributed by atoms with van der Waals surface area (Å²) in [4.78, 5) is 3.78. The highest BCUT2D eigenvalue weighted by atomic mass is 32.2. The molecule has 1 aromatic rings. The lowest BCUT2D eigenvalue weighted by Crippen LogP contribution is -2.36. The predicted molar refractivity (Wildman–Crippen MR) is 69.0 cm³/mol. The van der Waals surface area contributed by atoms with Gasteiger partial charge < -0.3 is 10.6 Å². The zero-order valence-electron chi connectivity index (χ0n) is 10.6. The number of hydrogen-bond acceptors (Lipinski definition) is 5. The molecule has 19 heavy (non-hydrogen) atoms. The van der Waals surface area contributed by atoms with E-state index >= 15 is 0 Å². The minimum Gasteiger partial charge on any atom is -0.371 e. The van der Waals surface area contributed by atoms with Gasteiger partial charge in [-0.1, -0.05) is 0 Å². The molecule has 0 radical (unpaired) electrons. The fraction of sp³-hybridized carbons (Fsp3) is 0.545. The van der Waals surface area contributed by atoms with Crippen molar-refractivity contribution in [3.8, 4) is 0 Å². The molecule has 5 nitrogen and oxygen atoms in total. The first-order valence-electron chi connectivity index (χ1n) is 5.77. The molecular weight excluding hydrogens is 276 g/mol. The third-order valence-electron chi connectivity index (χ3n) is 3.09. The van der Waals surface area contributed by atoms with Crippen LogP contribution in [0.25, 0.3) is 0 Å². The first-order chi connectivity index (χ1) is 8.75. The summed E-state index contributed by atoms with van der Waals surface area (Å²) in [6.45, 7) is 1.68. The maximum Gasteiger partial charge on any atom is 0.168 e. The molecule has 106 valence electrons. The monoisotopic (exact) mass is 291 g/mol. The number of rotatable bonds is 3. The Bertz CT molecular complexity index is 606. The smallest absolute Gasteiger partial charge is 0.168 e. The van der Waals surface area contributed by atoms with E-state index in [2.05, 4.69) is 15.6 Å². The van der Waals surface area contributed by atoms with Gasteiger partial charge in [0.15, 0.2) is 33.1 Å². The molecule has 0 spiro atoms. The zero-order chi connectivity index (χ0) is 14.3. The SMILES string of the molecule is CNc1nc(NC2(C)CCS(=O)(=O)C2)c(F)cc1F. The lowest BCUT2D eigenvalue weighted by atomic mass is 10.0. The molecule has 0 saturated carbocycles. The number of sulfone groups is 1. The van der Waals surface area contributed by atoms with Crippen LogP contribution in [0.15, 0.2) is 6.07 Å². The highest BCUT2D eigenvalue weighted by Crippen LogP contribution is 2.29. The average Bonchev–Trinajstić information content (AvgIpc) is 2.57. The number of nitrogens with zero attached hydrogens (tertiary/aromatic N) is 1. The van der Waals surface area contributed by atoms with Crippen LogP contribution in [-0.4, -0.2) is 37.5 Å². The van der Waals surface area contributed by atoms with Crippen LogP contribution in [0.3, 0.4) is 0 Å². The third-order valence-corrected chi connectivity index (χ3v) is 4.99. The van der Waals surface area contributed by atoms with Crippen molar-refractivity contribution in [2.24, 2.45) is 0 Å². The summed E-state index contributed by atoms with van der Waals surface area (Å²) in [5, 5.41) is 5.28. The molecule has 0 aromatic carbocycles. The predicted octanol–water partition coefficient (Wildman–Crippen LogP) is 1.39. The van der Waals surface area contributed by atoms with Crippen LogP contribution in [0.1, 0.15) is 13.3 Å². The van der Waals surface area contributed by atoms with Crippen LogP contribution in [0.2, 0.25) is 0 Å². The maximum atomic E-state index is 13.6. The van der Waals surface area contributed by atoms with Crippen molar-refractivity contribution in [2.75, 3.05) is 29.2 Å². The van der Waals surface area contributed by atoms with Gasteiger partial charge in [0, 0.05) is 13.1 Å². The minimum absolute atomic E-state index is 0.0538. The molecule has 1 unspecified atom stereocenters. The Labute approximate surface area is 110 Å². The quantitative estimate of drug-likeness (QED) is 0.880. The molecule has 2 heterocycles. The molecule has 0 amide bonds. The summed E-state index contributed by atoms with van der Waals surface area (Å²) in [5.74, 6) is -1.92. The second-order valence-corrected chi connectivity index (χ2v) is 7.11. The second kappa shape index (κ2) is 4.59. The number of nitrogens with one attached hydrogen (secondary N) is 2. The number of hydrogen-bond donors (Lipinski definition) is 2. The van der Waals surface area contributed by atoms with Crippen LogP contribution in [0.4, 0.5) is 20.4 Å². The number of aromatic nitrogens is 1. The van der Waals surface area contributed by atoms with Gasteiger partial charge >= 0.3 is 0 Å². The molecule has 1 aliphatic heterocycles. The van der Waals surface area contributed by atoms with E-state index in [1.165, 1.54) is 7.05 Å². The Morgan fingerprint density at radius 2 is 1.95 bits per heavy atom. The Kier molecular flexibility index (Phi) is 3.38. The summed E-state index contributed by atoms with van der Waals surface area (Å²) in [7, 11) is -1.65. The summed E-state index contributed by atoms with van der Waals surface area (Å²) < 4.78 is 49.9. The molecule has 1 aromatic heterocycles. The molecule has 1 saturated heterocycles. The van der Waals surface area contributed by atoms with Crippen LogP contribution in [0.5, 0.6) is 0 Å². The number of anilines is 2. The topological polar surface area (TPSA) is 71.1 Å². The fourth-order valence-electron chi connectivity index (χ4n) is 2.12. The number of halogens is 2. The normalized spacial score (nSPS) is 25.3. The maximum absolute atomic E-state index is 13.6. The summed E-state index contributed by atoms with van der Waals surface area (Å²) in [6, 6.07) is 0.716. The van der Waals surface area contributed by atoms with Crippen LogP contribution in [-0.2, 0) is 9.84 Å². The van der Waals surface area contributed by atoms with Crippen molar-refractivity contribution in [1.29, 1.82) is 0 Å². The van der Waals surface area contributed by atoms with Gasteiger partial charge in [0.25, 0.3) is 0 Å². The van der Waals surface area contributed by atoms with E-state index in [-0.39, 0.29) is 23.1 Å². The molecule has 0 aliphatic carbocycles. The van der Waals surface area contributed by atoms with E-state index in [1.807, 2.05) is 0 Å². The summed E-state index contributed by atoms with van der Waals surface area (Å²) >= 11 is 0. The summed E-state index contributed by atoms with van der Waals surface area (Å²) in [6.07, 6.45) is 0.364. The fourth-order valence-corrected chi connectivity index (χ4v) is 4.22. The standard InChI is InChI=1S/C11H15F2N3O2S/c1-11(3-4-19(17,18)6-11)16-10-8(13)5-7(12)9(14-2)15-10/h5H,3-4,6H2,1-2H3,(H2,14,15,16). The molecule has 8 heteroatoms. The largest absolute Gasteiger partial charge is 0.371 e. The Morgan fingerprint density at radius 3 is 2.47 bits per heavy atom. The zero-order valence-corrected chi connectivity index (χ0v) is 11.4. The molecule has 0 bridgehead atoms. The third kappa shape index (κ3) is 2.94.